The van der Waals surface area contributed by atoms with Gasteiger partial charge in [-0.15, -0.1) is 0 Å². The first kappa shape index (κ1) is 8.82. The third-order valence-corrected chi connectivity index (χ3v) is 2.33. The van der Waals surface area contributed by atoms with E-state index < -0.39 is 23.3 Å². The van der Waals surface area contributed by atoms with Crippen molar-refractivity contribution in [2.75, 3.05) is 0 Å². The normalized spacial score (nSPS) is 19.2. The summed E-state index contributed by atoms with van der Waals surface area (Å²) in [5, 5.41) is 8.57. The number of carbonyl (C=O) groups is 1. The van der Waals surface area contributed by atoms with Crippen LogP contribution in [0.2, 0.25) is 0 Å². The second kappa shape index (κ2) is 2.88. The van der Waals surface area contributed by atoms with Gasteiger partial charge in [0.25, 0.3) is 0 Å². The van der Waals surface area contributed by atoms with Gasteiger partial charge in [0.2, 0.25) is 0 Å². The van der Waals surface area contributed by atoms with Crippen molar-refractivity contribution in [3.8, 4) is 6.07 Å². The van der Waals surface area contributed by atoms with E-state index in [0.29, 0.717) is 0 Å². The smallest absolute Gasteiger partial charge is 0.183 e. The minimum absolute atomic E-state index is 0.0196. The van der Waals surface area contributed by atoms with Crippen molar-refractivity contribution in [3.63, 3.8) is 0 Å². The summed E-state index contributed by atoms with van der Waals surface area (Å²) in [7, 11) is 0. The SMILES string of the molecule is N#CC1Cc2c(F)ccc(F)c2C1=O. The Hall–Kier alpha value is -1.76. The summed E-state index contributed by atoms with van der Waals surface area (Å²) in [6, 6.07) is 3.61. The second-order valence-corrected chi connectivity index (χ2v) is 3.13. The highest BCUT2D eigenvalue weighted by Crippen LogP contribution is 2.30. The molecule has 4 heteroatoms. The van der Waals surface area contributed by atoms with Gasteiger partial charge in [-0.2, -0.15) is 5.26 Å². The van der Waals surface area contributed by atoms with Crippen molar-refractivity contribution >= 4 is 5.78 Å². The van der Waals surface area contributed by atoms with Gasteiger partial charge in [0.15, 0.2) is 5.78 Å². The molecular weight excluding hydrogens is 188 g/mol. The number of nitriles is 1. The minimum atomic E-state index is -0.934. The number of hydrogen-bond acceptors (Lipinski definition) is 2. The lowest BCUT2D eigenvalue weighted by Gasteiger charge is -1.99. The van der Waals surface area contributed by atoms with E-state index in [-0.39, 0.29) is 17.5 Å². The first-order chi connectivity index (χ1) is 6.65. The molecular formula is C10H5F2NO. The topological polar surface area (TPSA) is 40.9 Å². The molecule has 0 heterocycles. The molecule has 0 saturated carbocycles. The summed E-state index contributed by atoms with van der Waals surface area (Å²) >= 11 is 0. The van der Waals surface area contributed by atoms with Crippen molar-refractivity contribution in [2.24, 2.45) is 5.92 Å². The van der Waals surface area contributed by atoms with Crippen molar-refractivity contribution < 1.29 is 13.6 Å². The molecule has 1 aliphatic rings. The Bertz CT molecular complexity index is 462. The Morgan fingerprint density at radius 1 is 1.36 bits per heavy atom. The van der Waals surface area contributed by atoms with Crippen LogP contribution in [0.3, 0.4) is 0 Å². The number of Topliss-reactive ketones (excluding diaryl/α,β-unsaturated/α-hetero) is 1. The highest BCUT2D eigenvalue weighted by molar-refractivity contribution is 6.03. The molecule has 0 fully saturated rings. The summed E-state index contributed by atoms with van der Waals surface area (Å²) in [5.74, 6) is -2.91. The van der Waals surface area contributed by atoms with Crippen LogP contribution in [0.5, 0.6) is 0 Å². The molecule has 0 saturated heterocycles. The predicted octanol–water partition coefficient (Wildman–Crippen LogP) is 1.84. The zero-order chi connectivity index (χ0) is 10.3. The standard InChI is InChI=1S/C10H5F2NO/c11-7-1-2-8(12)9-6(7)3-5(4-13)10(9)14/h1-2,5H,3H2. The number of halogens is 2. The van der Waals surface area contributed by atoms with Gasteiger partial charge in [0.1, 0.15) is 17.6 Å². The lowest BCUT2D eigenvalue weighted by Crippen LogP contribution is -2.06. The maximum atomic E-state index is 13.1. The van der Waals surface area contributed by atoms with Crippen LogP contribution in [0.4, 0.5) is 8.78 Å². The highest BCUT2D eigenvalue weighted by Gasteiger charge is 2.35. The van der Waals surface area contributed by atoms with Gasteiger partial charge in [0.05, 0.1) is 11.6 Å². The summed E-state index contributed by atoms with van der Waals surface area (Å²) in [6.45, 7) is 0. The molecule has 0 bridgehead atoms. The fourth-order valence-corrected chi connectivity index (χ4v) is 1.64. The van der Waals surface area contributed by atoms with Gasteiger partial charge in [-0.3, -0.25) is 4.79 Å². The van der Waals surface area contributed by atoms with Crippen LogP contribution in [0.1, 0.15) is 15.9 Å². The monoisotopic (exact) mass is 193 g/mol. The van der Waals surface area contributed by atoms with Gasteiger partial charge < -0.3 is 0 Å². The second-order valence-electron chi connectivity index (χ2n) is 3.13. The average molecular weight is 193 g/mol. The Balaban J connectivity index is 2.65. The third-order valence-electron chi connectivity index (χ3n) is 2.33. The van der Waals surface area contributed by atoms with Gasteiger partial charge in [-0.25, -0.2) is 8.78 Å². The lowest BCUT2D eigenvalue weighted by atomic mass is 10.1. The maximum absolute atomic E-state index is 13.1. The maximum Gasteiger partial charge on any atom is 0.183 e. The Morgan fingerprint density at radius 3 is 2.57 bits per heavy atom. The fourth-order valence-electron chi connectivity index (χ4n) is 1.64. The molecule has 1 unspecified atom stereocenters. The molecule has 0 aliphatic heterocycles. The molecule has 1 aromatic rings. The molecule has 0 amide bonds. The lowest BCUT2D eigenvalue weighted by molar-refractivity contribution is 0.0960. The van der Waals surface area contributed by atoms with Crippen LogP contribution >= 0.6 is 0 Å². The Kier molecular flexibility index (Phi) is 1.81. The average Bonchev–Trinajstić information content (AvgIpc) is 2.51. The van der Waals surface area contributed by atoms with Gasteiger partial charge in [0, 0.05) is 5.56 Å². The molecule has 1 aromatic carbocycles. The van der Waals surface area contributed by atoms with E-state index in [1.54, 1.807) is 6.07 Å². The molecule has 0 spiro atoms. The van der Waals surface area contributed by atoms with Crippen molar-refractivity contribution in [3.05, 3.63) is 34.9 Å². The predicted molar refractivity (Wildman–Crippen MR) is 43.5 cm³/mol. The van der Waals surface area contributed by atoms with Crippen LogP contribution in [-0.4, -0.2) is 5.78 Å². The number of ketones is 1. The van der Waals surface area contributed by atoms with Gasteiger partial charge >= 0.3 is 0 Å². The molecule has 1 aliphatic carbocycles. The van der Waals surface area contributed by atoms with E-state index in [1.807, 2.05) is 0 Å². The fraction of sp³-hybridized carbons (Fsp3) is 0.200. The highest BCUT2D eigenvalue weighted by atomic mass is 19.1. The third kappa shape index (κ3) is 1.02. The quantitative estimate of drug-likeness (QED) is 0.630. The first-order valence-electron chi connectivity index (χ1n) is 4.06. The molecule has 14 heavy (non-hydrogen) atoms. The van der Waals surface area contributed by atoms with E-state index in [9.17, 15) is 13.6 Å². The zero-order valence-corrected chi connectivity index (χ0v) is 7.05. The van der Waals surface area contributed by atoms with E-state index in [2.05, 4.69) is 0 Å². The van der Waals surface area contributed by atoms with E-state index >= 15 is 0 Å². The number of rotatable bonds is 0. The van der Waals surface area contributed by atoms with Crippen molar-refractivity contribution in [1.82, 2.24) is 0 Å². The summed E-state index contributed by atoms with van der Waals surface area (Å²) in [5.41, 5.74) is -0.224. The molecule has 0 aromatic heterocycles. The molecule has 2 rings (SSSR count). The van der Waals surface area contributed by atoms with Crippen LogP contribution in [0.15, 0.2) is 12.1 Å². The summed E-state index contributed by atoms with van der Waals surface area (Å²) in [4.78, 5) is 11.4. The van der Waals surface area contributed by atoms with Crippen molar-refractivity contribution in [2.45, 2.75) is 6.42 Å². The van der Waals surface area contributed by atoms with E-state index in [0.717, 1.165) is 12.1 Å². The van der Waals surface area contributed by atoms with Crippen LogP contribution in [-0.2, 0) is 6.42 Å². The number of benzene rings is 1. The first-order valence-corrected chi connectivity index (χ1v) is 4.06. The molecule has 0 radical (unpaired) electrons. The van der Waals surface area contributed by atoms with Gasteiger partial charge in [-0.1, -0.05) is 0 Å². The number of nitrogens with zero attached hydrogens (tertiary/aromatic N) is 1. The summed E-state index contributed by atoms with van der Waals surface area (Å²) in [6.07, 6.45) is -0.0196. The number of carbonyl (C=O) groups excluding carboxylic acids is 1. The summed E-state index contributed by atoms with van der Waals surface area (Å²) < 4.78 is 26.3. The zero-order valence-electron chi connectivity index (χ0n) is 7.05. The van der Waals surface area contributed by atoms with Crippen molar-refractivity contribution in [1.29, 1.82) is 5.26 Å². The molecule has 2 nitrogen and oxygen atoms in total. The van der Waals surface area contributed by atoms with Gasteiger partial charge in [-0.05, 0) is 18.6 Å². The van der Waals surface area contributed by atoms with Crippen LogP contribution in [0, 0.1) is 28.9 Å². The van der Waals surface area contributed by atoms with Crippen LogP contribution < -0.4 is 0 Å². The minimum Gasteiger partial charge on any atom is -0.293 e. The molecule has 70 valence electrons. The number of fused-ring (bicyclic) bond motifs is 1. The molecule has 1 atom stereocenters. The van der Waals surface area contributed by atoms with Crippen LogP contribution in [0.25, 0.3) is 0 Å². The number of hydrogen-bond donors (Lipinski definition) is 0. The Labute approximate surface area is 78.8 Å². The molecule has 0 N–H and O–H groups in total. The van der Waals surface area contributed by atoms with E-state index in [1.165, 1.54) is 0 Å². The Morgan fingerprint density at radius 2 is 2.00 bits per heavy atom. The van der Waals surface area contributed by atoms with E-state index in [4.69, 9.17) is 5.26 Å². The largest absolute Gasteiger partial charge is 0.293 e.